The van der Waals surface area contributed by atoms with E-state index in [1.807, 2.05) is 0 Å². The van der Waals surface area contributed by atoms with Gasteiger partial charge >= 0.3 is 5.97 Å². The number of phenols is 1. The van der Waals surface area contributed by atoms with Crippen LogP contribution in [-0.4, -0.2) is 53.5 Å². The Bertz CT molecular complexity index is 1360. The minimum Gasteiger partial charge on any atom is -0.507 e. The molecule has 1 amide bonds. The Hall–Kier alpha value is -3.46. The molecule has 0 bridgehead atoms. The number of likely N-dealkylation sites (N-methyl/N-ethyl adjacent to an activating group) is 1. The number of aromatic hydroxyl groups is 1. The second kappa shape index (κ2) is 10.4. The van der Waals surface area contributed by atoms with Crippen molar-refractivity contribution in [3.63, 3.8) is 0 Å². The smallest absolute Gasteiger partial charge is 0.326 e. The summed E-state index contributed by atoms with van der Waals surface area (Å²) in [6, 6.07) is 8.96. The predicted molar refractivity (Wildman–Crippen MR) is 134 cm³/mol. The Morgan fingerprint density at radius 1 is 1.23 bits per heavy atom. The zero-order valence-electron chi connectivity index (χ0n) is 18.1. The Labute approximate surface area is 213 Å². The average molecular weight is 614 g/mol. The molecule has 0 aliphatic heterocycles. The number of benzene rings is 2. The van der Waals surface area contributed by atoms with Crippen LogP contribution in [0.1, 0.15) is 16.1 Å². The summed E-state index contributed by atoms with van der Waals surface area (Å²) in [5.74, 6) is -3.77. The summed E-state index contributed by atoms with van der Waals surface area (Å²) < 4.78 is 42.4. The average Bonchev–Trinajstić information content (AvgIpc) is 2.77. The summed E-state index contributed by atoms with van der Waals surface area (Å²) in [5.41, 5.74) is 5.74. The number of carbonyl (C=O) groups excluding carboxylic acids is 1. The highest BCUT2D eigenvalue weighted by Gasteiger charge is 2.31. The first-order chi connectivity index (χ1) is 16.4. The number of hydrogen-bond donors (Lipinski definition) is 4. The first-order valence-electron chi connectivity index (χ1n) is 9.91. The minimum atomic E-state index is -4.25. The molecule has 3 aromatic rings. The molecule has 0 fully saturated rings. The van der Waals surface area contributed by atoms with Crippen LogP contribution < -0.4 is 10.5 Å². The number of amides is 1. The van der Waals surface area contributed by atoms with Crippen LogP contribution in [0.25, 0.3) is 0 Å². The summed E-state index contributed by atoms with van der Waals surface area (Å²) in [4.78, 5) is 29.4. The van der Waals surface area contributed by atoms with Crippen LogP contribution >= 0.6 is 22.6 Å². The van der Waals surface area contributed by atoms with E-state index in [4.69, 9.17) is 5.73 Å². The van der Waals surface area contributed by atoms with Crippen LogP contribution in [0.4, 0.5) is 15.8 Å². The molecule has 2 aromatic carbocycles. The normalized spacial score (nSPS) is 12.1. The van der Waals surface area contributed by atoms with Crippen molar-refractivity contribution in [2.75, 3.05) is 17.5 Å². The number of sulfonamides is 1. The van der Waals surface area contributed by atoms with Crippen molar-refractivity contribution in [1.82, 2.24) is 9.88 Å². The van der Waals surface area contributed by atoms with Gasteiger partial charge in [-0.2, -0.15) is 0 Å². The Balaban J connectivity index is 1.87. The topological polar surface area (TPSA) is 163 Å². The highest BCUT2D eigenvalue weighted by Crippen LogP contribution is 2.28. The summed E-state index contributed by atoms with van der Waals surface area (Å²) in [6.07, 6.45) is 1.21. The van der Waals surface area contributed by atoms with E-state index in [1.165, 1.54) is 49.6 Å². The van der Waals surface area contributed by atoms with Gasteiger partial charge in [-0.3, -0.25) is 14.5 Å². The largest absolute Gasteiger partial charge is 0.507 e. The lowest BCUT2D eigenvalue weighted by Gasteiger charge is -2.25. The maximum atomic E-state index is 15.0. The van der Waals surface area contributed by atoms with Crippen LogP contribution in [0.2, 0.25) is 0 Å². The zero-order valence-corrected chi connectivity index (χ0v) is 21.1. The molecule has 35 heavy (non-hydrogen) atoms. The zero-order chi connectivity index (χ0) is 25.9. The molecule has 184 valence electrons. The molecule has 1 heterocycles. The number of anilines is 2. The van der Waals surface area contributed by atoms with Crippen LogP contribution in [0, 0.1) is 9.39 Å². The van der Waals surface area contributed by atoms with Crippen LogP contribution in [0.5, 0.6) is 5.75 Å². The van der Waals surface area contributed by atoms with Gasteiger partial charge in [0.25, 0.3) is 15.9 Å². The molecule has 0 radical (unpaired) electrons. The number of aromatic nitrogens is 1. The van der Waals surface area contributed by atoms with Crippen LogP contribution in [0.15, 0.2) is 59.6 Å². The number of carboxylic acids is 1. The summed E-state index contributed by atoms with van der Waals surface area (Å²) in [7, 11) is -3.02. The van der Waals surface area contributed by atoms with Gasteiger partial charge in [0.1, 0.15) is 22.5 Å². The van der Waals surface area contributed by atoms with E-state index < -0.39 is 50.0 Å². The first-order valence-corrected chi connectivity index (χ1v) is 12.5. The number of pyridine rings is 1. The molecule has 0 saturated carbocycles. The predicted octanol–water partition coefficient (Wildman–Crippen LogP) is 2.68. The number of nitrogens with two attached hydrogens (primary N) is 1. The molecule has 0 unspecified atom stereocenters. The maximum absolute atomic E-state index is 15.0. The van der Waals surface area contributed by atoms with Gasteiger partial charge in [-0.25, -0.2) is 17.6 Å². The standard InChI is InChI=1S/C22H20FIN4O6S/c1-28(17(22(31)32)10-13-7-6-12(25)11-26-13)21(30)20-15(23)8-14(9-16(20)24)27-35(33,34)19-5-3-2-4-18(19)29/h2-9,11,17,27,29H,10,25H2,1H3,(H,31,32)/t17-/m0/s1. The molecule has 10 nitrogen and oxygen atoms in total. The number of carboxylic acid groups (broad SMARTS) is 1. The van der Waals surface area contributed by atoms with Crippen LogP contribution in [-0.2, 0) is 21.2 Å². The molecule has 0 aliphatic carbocycles. The van der Waals surface area contributed by atoms with Gasteiger partial charge < -0.3 is 20.8 Å². The molecule has 0 saturated heterocycles. The lowest BCUT2D eigenvalue weighted by molar-refractivity contribution is -0.141. The molecule has 5 N–H and O–H groups in total. The molecule has 1 aromatic heterocycles. The summed E-state index contributed by atoms with van der Waals surface area (Å²) in [6.45, 7) is 0. The molecule has 1 atom stereocenters. The quantitative estimate of drug-likeness (QED) is 0.282. The van der Waals surface area contributed by atoms with E-state index in [1.54, 1.807) is 28.7 Å². The van der Waals surface area contributed by atoms with Gasteiger partial charge in [0.05, 0.1) is 23.1 Å². The highest BCUT2D eigenvalue weighted by molar-refractivity contribution is 14.1. The van der Waals surface area contributed by atoms with Crippen molar-refractivity contribution < 1.29 is 32.6 Å². The van der Waals surface area contributed by atoms with E-state index in [-0.39, 0.29) is 15.7 Å². The van der Waals surface area contributed by atoms with Crippen molar-refractivity contribution in [2.45, 2.75) is 17.4 Å². The molecular formula is C22H20FIN4O6S. The number of phenolic OH excluding ortho intramolecular Hbond substituents is 1. The van der Waals surface area contributed by atoms with Crippen molar-refractivity contribution in [3.8, 4) is 5.75 Å². The number of nitrogen functional groups attached to an aromatic ring is 1. The Kier molecular flexibility index (Phi) is 7.80. The maximum Gasteiger partial charge on any atom is 0.326 e. The number of hydrogen-bond acceptors (Lipinski definition) is 7. The number of carbonyl (C=O) groups is 2. The second-order valence-electron chi connectivity index (χ2n) is 7.45. The van der Waals surface area contributed by atoms with Crippen molar-refractivity contribution >= 4 is 55.9 Å². The fourth-order valence-electron chi connectivity index (χ4n) is 3.19. The number of halogens is 2. The third-order valence-corrected chi connectivity index (χ3v) is 7.27. The molecule has 0 spiro atoms. The SMILES string of the molecule is CN(C(=O)c1c(F)cc(NS(=O)(=O)c2ccccc2O)cc1I)[C@@H](Cc1ccc(N)cn1)C(=O)O. The number of nitrogens with one attached hydrogen (secondary N) is 1. The fraction of sp³-hybridized carbons (Fsp3) is 0.136. The van der Waals surface area contributed by atoms with Gasteiger partial charge in [-0.05, 0) is 59.0 Å². The number of aliphatic carboxylic acids is 1. The van der Waals surface area contributed by atoms with E-state index in [0.29, 0.717) is 11.4 Å². The first kappa shape index (κ1) is 26.2. The Morgan fingerprint density at radius 3 is 2.49 bits per heavy atom. The van der Waals surface area contributed by atoms with E-state index in [9.17, 15) is 28.2 Å². The monoisotopic (exact) mass is 614 g/mol. The number of para-hydroxylation sites is 1. The van der Waals surface area contributed by atoms with Gasteiger partial charge in [-0.15, -0.1) is 0 Å². The third-order valence-electron chi connectivity index (χ3n) is 4.99. The molecule has 13 heteroatoms. The third kappa shape index (κ3) is 5.97. The van der Waals surface area contributed by atoms with E-state index in [2.05, 4.69) is 9.71 Å². The van der Waals surface area contributed by atoms with E-state index >= 15 is 4.39 Å². The summed E-state index contributed by atoms with van der Waals surface area (Å²) >= 11 is 1.66. The lowest BCUT2D eigenvalue weighted by Crippen LogP contribution is -2.44. The van der Waals surface area contributed by atoms with Gasteiger partial charge in [0, 0.05) is 22.7 Å². The van der Waals surface area contributed by atoms with Crippen molar-refractivity contribution in [1.29, 1.82) is 0 Å². The molecule has 0 aliphatic rings. The summed E-state index contributed by atoms with van der Waals surface area (Å²) in [5, 5.41) is 19.5. The second-order valence-corrected chi connectivity index (χ2v) is 10.3. The number of nitrogens with zero attached hydrogens (tertiary/aromatic N) is 2. The lowest BCUT2D eigenvalue weighted by atomic mass is 10.1. The highest BCUT2D eigenvalue weighted by atomic mass is 127. The van der Waals surface area contributed by atoms with Crippen molar-refractivity contribution in [2.24, 2.45) is 0 Å². The number of rotatable bonds is 8. The molecule has 3 rings (SSSR count). The Morgan fingerprint density at radius 2 is 1.91 bits per heavy atom. The van der Waals surface area contributed by atoms with Gasteiger partial charge in [-0.1, -0.05) is 12.1 Å². The molecular weight excluding hydrogens is 594 g/mol. The minimum absolute atomic E-state index is 0.0455. The van der Waals surface area contributed by atoms with Gasteiger partial charge in [0.15, 0.2) is 0 Å². The van der Waals surface area contributed by atoms with Gasteiger partial charge in [0.2, 0.25) is 0 Å². The van der Waals surface area contributed by atoms with E-state index in [0.717, 1.165) is 11.0 Å². The van der Waals surface area contributed by atoms with Crippen molar-refractivity contribution in [3.05, 3.63) is 75.4 Å². The van der Waals surface area contributed by atoms with Crippen LogP contribution in [0.3, 0.4) is 0 Å². The fourth-order valence-corrected chi connectivity index (χ4v) is 5.16.